The van der Waals surface area contributed by atoms with E-state index in [1.54, 1.807) is 0 Å². The SMILES string of the molecule is Clc1ccc(OCc2c[nH]c3c(Cl)cccc23)cc1. The molecule has 0 saturated heterocycles. The maximum absolute atomic E-state index is 6.12. The number of benzene rings is 2. The van der Waals surface area contributed by atoms with Crippen LogP contribution in [-0.2, 0) is 6.61 Å². The molecular formula is C15H11Cl2NO. The van der Waals surface area contributed by atoms with Gasteiger partial charge in [0.15, 0.2) is 0 Å². The number of rotatable bonds is 3. The van der Waals surface area contributed by atoms with E-state index < -0.39 is 0 Å². The molecule has 3 rings (SSSR count). The summed E-state index contributed by atoms with van der Waals surface area (Å²) in [5, 5.41) is 2.50. The van der Waals surface area contributed by atoms with Crippen LogP contribution in [0.3, 0.4) is 0 Å². The highest BCUT2D eigenvalue weighted by Gasteiger charge is 2.06. The molecule has 0 radical (unpaired) electrons. The van der Waals surface area contributed by atoms with E-state index in [2.05, 4.69) is 4.98 Å². The Hall–Kier alpha value is -1.64. The first-order chi connectivity index (χ1) is 9.24. The van der Waals surface area contributed by atoms with Gasteiger partial charge in [0, 0.05) is 22.2 Å². The quantitative estimate of drug-likeness (QED) is 0.717. The highest BCUT2D eigenvalue weighted by Crippen LogP contribution is 2.26. The number of fused-ring (bicyclic) bond motifs is 1. The number of nitrogens with one attached hydrogen (secondary N) is 1. The van der Waals surface area contributed by atoms with Gasteiger partial charge in [-0.2, -0.15) is 0 Å². The number of halogens is 2. The summed E-state index contributed by atoms with van der Waals surface area (Å²) in [4.78, 5) is 3.17. The summed E-state index contributed by atoms with van der Waals surface area (Å²) < 4.78 is 5.73. The maximum Gasteiger partial charge on any atom is 0.119 e. The maximum atomic E-state index is 6.12. The van der Waals surface area contributed by atoms with Gasteiger partial charge in [0.1, 0.15) is 12.4 Å². The van der Waals surface area contributed by atoms with Gasteiger partial charge in [0.25, 0.3) is 0 Å². The standard InChI is InChI=1S/C15H11Cl2NO/c16-11-4-6-12(7-5-11)19-9-10-8-18-15-13(10)2-1-3-14(15)17/h1-8,18H,9H2. The number of H-pyrrole nitrogens is 1. The van der Waals surface area contributed by atoms with Crippen molar-refractivity contribution in [1.29, 1.82) is 0 Å². The minimum absolute atomic E-state index is 0.488. The van der Waals surface area contributed by atoms with Crippen LogP contribution in [0.4, 0.5) is 0 Å². The second kappa shape index (κ2) is 5.16. The fraction of sp³-hybridized carbons (Fsp3) is 0.0667. The van der Waals surface area contributed by atoms with Crippen molar-refractivity contribution in [2.75, 3.05) is 0 Å². The summed E-state index contributed by atoms with van der Waals surface area (Å²) >= 11 is 11.9. The molecule has 0 fully saturated rings. The summed E-state index contributed by atoms with van der Waals surface area (Å²) in [6.45, 7) is 0.488. The van der Waals surface area contributed by atoms with E-state index in [1.165, 1.54) is 0 Å². The van der Waals surface area contributed by atoms with Crippen molar-refractivity contribution in [2.45, 2.75) is 6.61 Å². The largest absolute Gasteiger partial charge is 0.489 e. The smallest absolute Gasteiger partial charge is 0.119 e. The Morgan fingerprint density at radius 1 is 1.00 bits per heavy atom. The predicted molar refractivity (Wildman–Crippen MR) is 79.1 cm³/mol. The van der Waals surface area contributed by atoms with E-state index in [-0.39, 0.29) is 0 Å². The zero-order valence-corrected chi connectivity index (χ0v) is 11.5. The number of ether oxygens (including phenoxy) is 1. The number of aromatic amines is 1. The molecule has 0 atom stereocenters. The van der Waals surface area contributed by atoms with Gasteiger partial charge >= 0.3 is 0 Å². The molecule has 3 aromatic rings. The van der Waals surface area contributed by atoms with Crippen LogP contribution in [0.2, 0.25) is 10.0 Å². The van der Waals surface area contributed by atoms with Gasteiger partial charge in [-0.1, -0.05) is 35.3 Å². The van der Waals surface area contributed by atoms with Crippen molar-refractivity contribution in [3.63, 3.8) is 0 Å². The van der Waals surface area contributed by atoms with Gasteiger partial charge < -0.3 is 9.72 Å². The van der Waals surface area contributed by atoms with E-state index >= 15 is 0 Å². The molecule has 1 N–H and O–H groups in total. The topological polar surface area (TPSA) is 25.0 Å². The molecule has 0 aliphatic carbocycles. The fourth-order valence-electron chi connectivity index (χ4n) is 1.99. The first-order valence-electron chi connectivity index (χ1n) is 5.87. The number of hydrogen-bond donors (Lipinski definition) is 1. The van der Waals surface area contributed by atoms with Crippen molar-refractivity contribution in [3.8, 4) is 5.75 Å². The summed E-state index contributed by atoms with van der Waals surface area (Å²) in [7, 11) is 0. The number of para-hydroxylation sites is 1. The second-order valence-electron chi connectivity index (χ2n) is 4.22. The highest BCUT2D eigenvalue weighted by molar-refractivity contribution is 6.35. The van der Waals surface area contributed by atoms with E-state index in [1.807, 2.05) is 48.7 Å². The first-order valence-corrected chi connectivity index (χ1v) is 6.62. The lowest BCUT2D eigenvalue weighted by molar-refractivity contribution is 0.307. The number of aromatic nitrogens is 1. The Bertz CT molecular complexity index is 704. The lowest BCUT2D eigenvalue weighted by Gasteiger charge is -2.05. The van der Waals surface area contributed by atoms with Crippen LogP contribution >= 0.6 is 23.2 Å². The lowest BCUT2D eigenvalue weighted by atomic mass is 10.2. The molecule has 0 amide bonds. The molecule has 0 aliphatic rings. The van der Waals surface area contributed by atoms with Crippen LogP contribution in [0, 0.1) is 0 Å². The molecule has 1 heterocycles. The minimum Gasteiger partial charge on any atom is -0.489 e. The molecule has 96 valence electrons. The summed E-state index contributed by atoms with van der Waals surface area (Å²) in [6, 6.07) is 13.1. The average molecular weight is 292 g/mol. The van der Waals surface area contributed by atoms with Crippen molar-refractivity contribution < 1.29 is 4.74 Å². The fourth-order valence-corrected chi connectivity index (χ4v) is 2.34. The zero-order valence-electron chi connectivity index (χ0n) is 9.99. The van der Waals surface area contributed by atoms with Crippen LogP contribution in [0.15, 0.2) is 48.7 Å². The van der Waals surface area contributed by atoms with Gasteiger partial charge in [0.05, 0.1) is 10.5 Å². The van der Waals surface area contributed by atoms with Crippen LogP contribution in [-0.4, -0.2) is 4.98 Å². The third-order valence-electron chi connectivity index (χ3n) is 2.96. The van der Waals surface area contributed by atoms with Gasteiger partial charge in [-0.3, -0.25) is 0 Å². The van der Waals surface area contributed by atoms with E-state index in [9.17, 15) is 0 Å². The molecule has 2 nitrogen and oxygen atoms in total. The highest BCUT2D eigenvalue weighted by atomic mass is 35.5. The third kappa shape index (κ3) is 2.55. The number of hydrogen-bond acceptors (Lipinski definition) is 1. The monoisotopic (exact) mass is 291 g/mol. The molecule has 0 unspecified atom stereocenters. The third-order valence-corrected chi connectivity index (χ3v) is 3.53. The van der Waals surface area contributed by atoms with Crippen molar-refractivity contribution in [2.24, 2.45) is 0 Å². The summed E-state index contributed by atoms with van der Waals surface area (Å²) in [5.74, 6) is 0.792. The van der Waals surface area contributed by atoms with Gasteiger partial charge in [-0.25, -0.2) is 0 Å². The van der Waals surface area contributed by atoms with E-state index in [0.717, 1.165) is 27.2 Å². The molecule has 0 saturated carbocycles. The Morgan fingerprint density at radius 3 is 2.58 bits per heavy atom. The van der Waals surface area contributed by atoms with Gasteiger partial charge in [0.2, 0.25) is 0 Å². The molecule has 2 aromatic carbocycles. The molecule has 0 aliphatic heterocycles. The minimum atomic E-state index is 0.488. The normalized spacial score (nSPS) is 10.8. The van der Waals surface area contributed by atoms with Crippen LogP contribution in [0.5, 0.6) is 5.75 Å². The molecule has 0 bridgehead atoms. The second-order valence-corrected chi connectivity index (χ2v) is 5.06. The molecular weight excluding hydrogens is 281 g/mol. The summed E-state index contributed by atoms with van der Waals surface area (Å²) in [5.41, 5.74) is 2.02. The Balaban J connectivity index is 1.82. The van der Waals surface area contributed by atoms with Crippen molar-refractivity contribution in [3.05, 3.63) is 64.3 Å². The van der Waals surface area contributed by atoms with E-state index in [0.29, 0.717) is 11.6 Å². The van der Waals surface area contributed by atoms with Gasteiger partial charge in [-0.15, -0.1) is 0 Å². The lowest BCUT2D eigenvalue weighted by Crippen LogP contribution is -1.93. The van der Waals surface area contributed by atoms with E-state index in [4.69, 9.17) is 27.9 Å². The zero-order chi connectivity index (χ0) is 13.2. The van der Waals surface area contributed by atoms with Crippen molar-refractivity contribution >= 4 is 34.1 Å². The van der Waals surface area contributed by atoms with Crippen molar-refractivity contribution in [1.82, 2.24) is 4.98 Å². The van der Waals surface area contributed by atoms with Crippen LogP contribution in [0.1, 0.15) is 5.56 Å². The van der Waals surface area contributed by atoms with Crippen LogP contribution < -0.4 is 4.74 Å². The summed E-state index contributed by atoms with van der Waals surface area (Å²) in [6.07, 6.45) is 1.92. The van der Waals surface area contributed by atoms with Gasteiger partial charge in [-0.05, 0) is 30.3 Å². The molecule has 19 heavy (non-hydrogen) atoms. The average Bonchev–Trinajstić information content (AvgIpc) is 2.83. The van der Waals surface area contributed by atoms with Crippen LogP contribution in [0.25, 0.3) is 10.9 Å². The molecule has 0 spiro atoms. The molecule has 4 heteroatoms. The molecule has 1 aromatic heterocycles. The Kier molecular flexibility index (Phi) is 3.36. The Morgan fingerprint density at radius 2 is 1.79 bits per heavy atom. The Labute approximate surface area is 120 Å². The predicted octanol–water partition coefficient (Wildman–Crippen LogP) is 5.05. The first kappa shape index (κ1) is 12.4.